The highest BCUT2D eigenvalue weighted by Gasteiger charge is 1.75. The molecule has 0 N–H and O–H groups in total. The van der Waals surface area contributed by atoms with E-state index in [1.807, 2.05) is 6.92 Å². The Kier molecular flexibility index (Phi) is 1.95. The van der Waals surface area contributed by atoms with Gasteiger partial charge in [-0.2, -0.15) is 0 Å². The maximum absolute atomic E-state index is 7.12. The Morgan fingerprint density at radius 1 is 1.83 bits per heavy atom. The zero-order chi connectivity index (χ0) is 7.28. The predicted molar refractivity (Wildman–Crippen MR) is 29.5 cm³/mol. The second-order valence-electron chi connectivity index (χ2n) is 1.35. The van der Waals surface area contributed by atoms with E-state index in [1.54, 1.807) is 0 Å². The van der Waals surface area contributed by atoms with Crippen LogP contribution in [0.15, 0.2) is 0 Å². The number of rotatable bonds is 4. The van der Waals surface area contributed by atoms with Gasteiger partial charge < -0.3 is 0 Å². The highest BCUT2D eigenvalue weighted by Crippen LogP contribution is 1.95. The standard InChI is InChI=1S/C6H13/c1-3-5-6-4-2/h1,3-6H2,2H3/i1T2,3T. The third-order valence-electron chi connectivity index (χ3n) is 0.702. The molecule has 0 aliphatic carbocycles. The SMILES string of the molecule is [3H][C]([3H])C([3H])CCCC. The lowest BCUT2D eigenvalue weighted by Crippen LogP contribution is -1.66. The lowest BCUT2D eigenvalue weighted by Gasteiger charge is -1.86. The van der Waals surface area contributed by atoms with Crippen molar-refractivity contribution >= 4 is 0 Å². The number of hydrogen-bond donors (Lipinski definition) is 0. The fourth-order valence-corrected chi connectivity index (χ4v) is 0.306. The summed E-state index contributed by atoms with van der Waals surface area (Å²) in [5.41, 5.74) is 0. The fourth-order valence-electron chi connectivity index (χ4n) is 0.306. The van der Waals surface area contributed by atoms with Crippen molar-refractivity contribution in [1.29, 1.82) is 0 Å². The molecule has 0 nitrogen and oxygen atoms in total. The second-order valence-corrected chi connectivity index (χ2v) is 1.35. The van der Waals surface area contributed by atoms with Gasteiger partial charge in [0, 0.05) is 4.11 Å². The van der Waals surface area contributed by atoms with Crippen molar-refractivity contribution in [3.8, 4) is 0 Å². The van der Waals surface area contributed by atoms with E-state index in [2.05, 4.69) is 0 Å². The molecule has 1 atom stereocenters. The average Bonchev–Trinajstić information content (AvgIpc) is 1.82. The van der Waals surface area contributed by atoms with Crippen LogP contribution < -0.4 is 0 Å². The van der Waals surface area contributed by atoms with Crippen LogP contribution in [0.3, 0.4) is 0 Å². The third kappa shape index (κ3) is 4.00. The summed E-state index contributed by atoms with van der Waals surface area (Å²) in [5, 5.41) is 0. The Labute approximate surface area is 44.8 Å². The first-order chi connectivity index (χ1) is 4.18. The van der Waals surface area contributed by atoms with Gasteiger partial charge in [0.1, 0.15) is 0 Å². The normalized spacial score (nSPS) is 22.0. The van der Waals surface area contributed by atoms with Crippen LogP contribution in [0.2, 0.25) is 0 Å². The third-order valence-corrected chi connectivity index (χ3v) is 0.702. The van der Waals surface area contributed by atoms with Crippen LogP contribution >= 0.6 is 0 Å². The fraction of sp³-hybridized carbons (Fsp3) is 0.833. The number of hydrogen-bond acceptors (Lipinski definition) is 0. The summed E-state index contributed by atoms with van der Waals surface area (Å²) in [6, 6.07) is 0. The maximum atomic E-state index is 7.12. The molecule has 0 heteroatoms. The van der Waals surface area contributed by atoms with Gasteiger partial charge in [-0.25, -0.2) is 0 Å². The van der Waals surface area contributed by atoms with E-state index < -0.39 is 6.40 Å². The molecule has 0 aliphatic rings. The van der Waals surface area contributed by atoms with E-state index in [0.29, 0.717) is 6.42 Å². The molecule has 1 radical (unpaired) electrons. The Balaban J connectivity index is 3.16. The van der Waals surface area contributed by atoms with Crippen molar-refractivity contribution in [2.45, 2.75) is 32.6 Å². The first-order valence-electron chi connectivity index (χ1n) is 3.98. The Morgan fingerprint density at radius 2 is 2.67 bits per heavy atom. The van der Waals surface area contributed by atoms with E-state index in [-0.39, 0.29) is 6.88 Å². The van der Waals surface area contributed by atoms with Gasteiger partial charge in [0.25, 0.3) is 0 Å². The highest BCUT2D eigenvalue weighted by molar-refractivity contribution is 4.38. The van der Waals surface area contributed by atoms with Gasteiger partial charge in [-0.3, -0.25) is 0 Å². The van der Waals surface area contributed by atoms with E-state index in [1.165, 1.54) is 0 Å². The van der Waals surface area contributed by atoms with Crippen molar-refractivity contribution in [2.24, 2.45) is 0 Å². The molecule has 0 spiro atoms. The second kappa shape index (κ2) is 5.00. The summed E-state index contributed by atoms with van der Waals surface area (Å²) in [7, 11) is 0. The minimum Gasteiger partial charge on any atom is -0.0654 e. The quantitative estimate of drug-likeness (QED) is 0.498. The zero-order valence-corrected chi connectivity index (χ0v) is 4.20. The largest absolute Gasteiger partial charge is 0.0654 e. The lowest BCUT2D eigenvalue weighted by molar-refractivity contribution is 0.728. The van der Waals surface area contributed by atoms with Crippen LogP contribution in [-0.4, -0.2) is 0 Å². The van der Waals surface area contributed by atoms with Gasteiger partial charge in [-0.1, -0.05) is 39.5 Å². The first kappa shape index (κ1) is 2.34. The van der Waals surface area contributed by atoms with Crippen molar-refractivity contribution in [2.75, 3.05) is 0 Å². The molecule has 0 saturated carbocycles. The first-order valence-corrected chi connectivity index (χ1v) is 2.40. The lowest BCUT2D eigenvalue weighted by atomic mass is 10.2. The molecule has 0 saturated heterocycles. The van der Waals surface area contributed by atoms with Crippen LogP contribution in [0, 0.1) is 6.88 Å². The van der Waals surface area contributed by atoms with Crippen LogP contribution in [0.5, 0.6) is 0 Å². The van der Waals surface area contributed by atoms with E-state index in [0.717, 1.165) is 12.8 Å². The van der Waals surface area contributed by atoms with Gasteiger partial charge in [-0.05, 0) is 0 Å². The summed E-state index contributed by atoms with van der Waals surface area (Å²) in [6.07, 6.45) is 2.08. The van der Waals surface area contributed by atoms with Gasteiger partial charge in [-0.15, -0.1) is 0 Å². The molecule has 37 valence electrons. The van der Waals surface area contributed by atoms with E-state index in [4.69, 9.17) is 4.11 Å². The Hall–Kier alpha value is 0. The Bertz CT molecular complexity index is 63.3. The van der Waals surface area contributed by atoms with Crippen molar-refractivity contribution < 1.29 is 4.11 Å². The van der Waals surface area contributed by atoms with Gasteiger partial charge in [0.05, 0.1) is 0 Å². The average molecular weight is 91.2 g/mol. The molecular formula is C6H13. The van der Waals surface area contributed by atoms with Crippen molar-refractivity contribution in [3.05, 3.63) is 6.88 Å². The van der Waals surface area contributed by atoms with Gasteiger partial charge in [0.2, 0.25) is 0 Å². The maximum Gasteiger partial charge on any atom is 0.0267 e. The van der Waals surface area contributed by atoms with Crippen LogP contribution in [0.1, 0.15) is 36.7 Å². The monoisotopic (exact) mass is 91.1 g/mol. The molecule has 0 heterocycles. The molecule has 0 bridgehead atoms. The van der Waals surface area contributed by atoms with Gasteiger partial charge >= 0.3 is 0 Å². The van der Waals surface area contributed by atoms with Crippen LogP contribution in [-0.2, 0) is 0 Å². The van der Waals surface area contributed by atoms with Gasteiger partial charge in [0.15, 0.2) is 0 Å². The van der Waals surface area contributed by atoms with Crippen molar-refractivity contribution in [3.63, 3.8) is 0 Å². The number of unbranched alkanes of at least 4 members (excludes halogenated alkanes) is 1. The highest BCUT2D eigenvalue weighted by atomic mass is 13.8. The summed E-state index contributed by atoms with van der Waals surface area (Å²) in [5.74, 6) is 0. The smallest absolute Gasteiger partial charge is 0.0267 e. The molecule has 0 aromatic heterocycles. The molecule has 1 unspecified atom stereocenters. The molecule has 0 aromatic carbocycles. The topological polar surface area (TPSA) is 0 Å². The van der Waals surface area contributed by atoms with E-state index >= 15 is 0 Å². The van der Waals surface area contributed by atoms with E-state index in [9.17, 15) is 0 Å². The minimum atomic E-state index is -0.579. The summed E-state index contributed by atoms with van der Waals surface area (Å²) in [4.78, 5) is 0. The van der Waals surface area contributed by atoms with Crippen LogP contribution in [0.25, 0.3) is 0 Å². The minimum absolute atomic E-state index is 0.261. The molecule has 0 amide bonds. The molecule has 0 aliphatic heterocycles. The molecule has 6 heavy (non-hydrogen) atoms. The predicted octanol–water partition coefficient (Wildman–Crippen LogP) is 2.40. The molecule has 0 aromatic rings. The molecular weight excluding hydrogens is 72.1 g/mol. The molecule has 0 rings (SSSR count). The summed E-state index contributed by atoms with van der Waals surface area (Å²) in [6.45, 7) is 1.78. The summed E-state index contributed by atoms with van der Waals surface area (Å²) >= 11 is 0. The summed E-state index contributed by atoms with van der Waals surface area (Å²) < 4.78 is 20.6. The zero-order valence-electron chi connectivity index (χ0n) is 7.20. The van der Waals surface area contributed by atoms with Crippen molar-refractivity contribution in [1.82, 2.24) is 0 Å². The van der Waals surface area contributed by atoms with Crippen LogP contribution in [0.4, 0.5) is 0 Å². The molecule has 0 fully saturated rings. The Morgan fingerprint density at radius 3 is 3.17 bits per heavy atom.